The van der Waals surface area contributed by atoms with Gasteiger partial charge in [0, 0.05) is 23.5 Å². The van der Waals surface area contributed by atoms with Crippen LogP contribution in [0.3, 0.4) is 0 Å². The molecular formula is C21H26N2O4S. The molecule has 1 amide bonds. The van der Waals surface area contributed by atoms with Crippen LogP contribution in [-0.2, 0) is 17.6 Å². The molecule has 0 aliphatic heterocycles. The number of ketones is 1. The number of benzene rings is 1. The second-order valence-corrected chi connectivity index (χ2v) is 7.99. The van der Waals surface area contributed by atoms with Crippen molar-refractivity contribution in [3.05, 3.63) is 51.9 Å². The second-order valence-electron chi connectivity index (χ2n) is 6.88. The number of amides is 1. The fourth-order valence-corrected chi connectivity index (χ4v) is 4.85. The monoisotopic (exact) mass is 402 g/mol. The summed E-state index contributed by atoms with van der Waals surface area (Å²) in [7, 11) is 0. The topological polar surface area (TPSA) is 89.9 Å². The number of aryl methyl sites for hydroxylation is 1. The largest absolute Gasteiger partial charge is 0.395 e. The molecule has 28 heavy (non-hydrogen) atoms. The van der Waals surface area contributed by atoms with Gasteiger partial charge in [-0.2, -0.15) is 0 Å². The van der Waals surface area contributed by atoms with E-state index in [4.69, 9.17) is 10.2 Å². The number of thiophene rings is 1. The zero-order valence-electron chi connectivity index (χ0n) is 15.8. The highest BCUT2D eigenvalue weighted by molar-refractivity contribution is 7.17. The maximum absolute atomic E-state index is 13.2. The molecule has 1 aliphatic rings. The fraction of sp³-hybridized carbons (Fsp3) is 0.429. The summed E-state index contributed by atoms with van der Waals surface area (Å²) >= 11 is 1.50. The predicted molar refractivity (Wildman–Crippen MR) is 110 cm³/mol. The van der Waals surface area contributed by atoms with Gasteiger partial charge in [0.15, 0.2) is 5.78 Å². The maximum Gasteiger partial charge on any atom is 0.239 e. The minimum Gasteiger partial charge on any atom is -0.395 e. The minimum atomic E-state index is -0.248. The van der Waals surface area contributed by atoms with E-state index in [1.165, 1.54) is 16.2 Å². The van der Waals surface area contributed by atoms with Crippen LogP contribution in [0.4, 0.5) is 5.00 Å². The van der Waals surface area contributed by atoms with Crippen molar-refractivity contribution in [1.29, 1.82) is 0 Å². The number of carbonyl (C=O) groups excluding carboxylic acids is 2. The molecule has 0 bridgehead atoms. The Balaban J connectivity index is 1.85. The van der Waals surface area contributed by atoms with Gasteiger partial charge in [-0.05, 0) is 31.2 Å². The molecule has 2 aromatic rings. The van der Waals surface area contributed by atoms with Gasteiger partial charge in [0.25, 0.3) is 0 Å². The Hall–Kier alpha value is -2.06. The van der Waals surface area contributed by atoms with Crippen LogP contribution in [0.1, 0.15) is 39.2 Å². The van der Waals surface area contributed by atoms with E-state index in [-0.39, 0.29) is 31.4 Å². The summed E-state index contributed by atoms with van der Waals surface area (Å²) in [6.07, 6.45) is 3.94. The lowest BCUT2D eigenvalue weighted by atomic mass is 9.92. The molecule has 150 valence electrons. The predicted octanol–water partition coefficient (Wildman–Crippen LogP) is 2.08. The first kappa shape index (κ1) is 20.7. The number of aliphatic hydroxyl groups is 2. The molecule has 1 aliphatic carbocycles. The van der Waals surface area contributed by atoms with E-state index in [1.807, 2.05) is 18.2 Å². The third-order valence-corrected chi connectivity index (χ3v) is 6.09. The highest BCUT2D eigenvalue weighted by Crippen LogP contribution is 2.39. The number of rotatable bonds is 9. The summed E-state index contributed by atoms with van der Waals surface area (Å²) in [5.74, 6) is -0.305. The summed E-state index contributed by atoms with van der Waals surface area (Å²) < 4.78 is 0. The number of nitrogens with one attached hydrogen (secondary N) is 1. The number of hydrogen-bond acceptors (Lipinski definition) is 6. The highest BCUT2D eigenvalue weighted by atomic mass is 32.1. The number of hydrogen-bond donors (Lipinski definition) is 3. The Morgan fingerprint density at radius 3 is 2.39 bits per heavy atom. The lowest BCUT2D eigenvalue weighted by molar-refractivity contribution is -0.117. The van der Waals surface area contributed by atoms with E-state index in [1.54, 1.807) is 17.0 Å². The first-order valence-corrected chi connectivity index (χ1v) is 10.4. The number of aliphatic hydroxyl groups excluding tert-OH is 2. The van der Waals surface area contributed by atoms with E-state index in [0.717, 1.165) is 31.2 Å². The van der Waals surface area contributed by atoms with Gasteiger partial charge < -0.3 is 15.5 Å². The molecule has 0 atom stereocenters. The van der Waals surface area contributed by atoms with Crippen LogP contribution in [0.2, 0.25) is 0 Å². The van der Waals surface area contributed by atoms with E-state index in [2.05, 4.69) is 5.32 Å². The van der Waals surface area contributed by atoms with Crippen molar-refractivity contribution in [2.24, 2.45) is 0 Å². The Bertz CT molecular complexity index is 813. The Morgan fingerprint density at radius 2 is 1.71 bits per heavy atom. The summed E-state index contributed by atoms with van der Waals surface area (Å²) in [6.45, 7) is 0.509. The molecule has 0 spiro atoms. The van der Waals surface area contributed by atoms with Gasteiger partial charge in [-0.25, -0.2) is 0 Å². The third-order valence-electron chi connectivity index (χ3n) is 4.89. The summed E-state index contributed by atoms with van der Waals surface area (Å²) in [6, 6.07) is 9.15. The fourth-order valence-electron chi connectivity index (χ4n) is 3.55. The first-order chi connectivity index (χ1) is 13.6. The van der Waals surface area contributed by atoms with Crippen LogP contribution in [0, 0.1) is 0 Å². The molecule has 1 aromatic heterocycles. The second kappa shape index (κ2) is 9.93. The normalized spacial score (nSPS) is 13.4. The van der Waals surface area contributed by atoms with Crippen LogP contribution in [0.25, 0.3) is 0 Å². The van der Waals surface area contributed by atoms with E-state index in [0.29, 0.717) is 29.2 Å². The number of nitrogens with zero attached hydrogens (tertiary/aromatic N) is 1. The van der Waals surface area contributed by atoms with Gasteiger partial charge in [-0.1, -0.05) is 30.3 Å². The van der Waals surface area contributed by atoms with Crippen molar-refractivity contribution in [2.75, 3.05) is 38.2 Å². The molecule has 0 fully saturated rings. The first-order valence-electron chi connectivity index (χ1n) is 9.62. The van der Waals surface area contributed by atoms with Crippen molar-refractivity contribution in [3.63, 3.8) is 0 Å². The SMILES string of the molecule is O=C(CN(CCO)CCO)Nc1sc2c(c1C(=O)c1ccccc1)CCCC2. The van der Waals surface area contributed by atoms with Crippen LogP contribution in [-0.4, -0.2) is 59.7 Å². The molecular weight excluding hydrogens is 376 g/mol. The summed E-state index contributed by atoms with van der Waals surface area (Å²) in [4.78, 5) is 28.6. The third kappa shape index (κ3) is 4.86. The van der Waals surface area contributed by atoms with Crippen molar-refractivity contribution in [2.45, 2.75) is 25.7 Å². The molecule has 1 aromatic carbocycles. The molecule has 0 saturated carbocycles. The van der Waals surface area contributed by atoms with Gasteiger partial charge in [0.2, 0.25) is 5.91 Å². The molecule has 3 rings (SSSR count). The molecule has 3 N–H and O–H groups in total. The van der Waals surface area contributed by atoms with Crippen LogP contribution < -0.4 is 5.32 Å². The molecule has 7 heteroatoms. The van der Waals surface area contributed by atoms with Gasteiger partial charge >= 0.3 is 0 Å². The number of anilines is 1. The smallest absolute Gasteiger partial charge is 0.239 e. The molecule has 0 saturated heterocycles. The quantitative estimate of drug-likeness (QED) is 0.559. The van der Waals surface area contributed by atoms with Gasteiger partial charge in [0.05, 0.1) is 25.3 Å². The van der Waals surface area contributed by atoms with E-state index < -0.39 is 0 Å². The zero-order chi connectivity index (χ0) is 19.9. The highest BCUT2D eigenvalue weighted by Gasteiger charge is 2.27. The molecule has 1 heterocycles. The van der Waals surface area contributed by atoms with Crippen molar-refractivity contribution >= 4 is 28.0 Å². The maximum atomic E-state index is 13.2. The van der Waals surface area contributed by atoms with Crippen LogP contribution >= 0.6 is 11.3 Å². The van der Waals surface area contributed by atoms with Gasteiger partial charge in [0.1, 0.15) is 5.00 Å². The van der Waals surface area contributed by atoms with Crippen molar-refractivity contribution in [3.8, 4) is 0 Å². The lowest BCUT2D eigenvalue weighted by Gasteiger charge is -2.19. The molecule has 0 unspecified atom stereocenters. The van der Waals surface area contributed by atoms with Gasteiger partial charge in [-0.3, -0.25) is 14.5 Å². The summed E-state index contributed by atoms with van der Waals surface area (Å²) in [5.41, 5.74) is 2.31. The Morgan fingerprint density at radius 1 is 1.04 bits per heavy atom. The lowest BCUT2D eigenvalue weighted by Crippen LogP contribution is -2.37. The number of carbonyl (C=O) groups is 2. The van der Waals surface area contributed by atoms with Gasteiger partial charge in [-0.15, -0.1) is 11.3 Å². The molecule has 6 nitrogen and oxygen atoms in total. The average molecular weight is 403 g/mol. The summed E-state index contributed by atoms with van der Waals surface area (Å²) in [5, 5.41) is 21.8. The van der Waals surface area contributed by atoms with Crippen molar-refractivity contribution in [1.82, 2.24) is 4.90 Å². The standard InChI is InChI=1S/C21H26N2O4S/c24-12-10-23(11-13-25)14-18(26)22-21-19(16-8-4-5-9-17(16)28-21)20(27)15-6-2-1-3-7-15/h1-3,6-7,24-25H,4-5,8-14H2,(H,22,26). The van der Waals surface area contributed by atoms with E-state index in [9.17, 15) is 9.59 Å². The Labute approximate surface area is 168 Å². The average Bonchev–Trinajstić information content (AvgIpc) is 3.06. The zero-order valence-corrected chi connectivity index (χ0v) is 16.6. The minimum absolute atomic E-state index is 0.0575. The van der Waals surface area contributed by atoms with E-state index >= 15 is 0 Å². The Kier molecular flexibility index (Phi) is 7.33. The van der Waals surface area contributed by atoms with Crippen molar-refractivity contribution < 1.29 is 19.8 Å². The van der Waals surface area contributed by atoms with Crippen LogP contribution in [0.15, 0.2) is 30.3 Å². The molecule has 0 radical (unpaired) electrons. The number of fused-ring (bicyclic) bond motifs is 1. The van der Waals surface area contributed by atoms with Crippen LogP contribution in [0.5, 0.6) is 0 Å².